The van der Waals surface area contributed by atoms with E-state index in [4.69, 9.17) is 5.73 Å². The van der Waals surface area contributed by atoms with E-state index < -0.39 is 5.82 Å². The van der Waals surface area contributed by atoms with E-state index in [1.54, 1.807) is 6.07 Å². The lowest BCUT2D eigenvalue weighted by Gasteiger charge is -2.37. The fourth-order valence-corrected chi connectivity index (χ4v) is 2.83. The average Bonchev–Trinajstić information content (AvgIpc) is 2.32. The van der Waals surface area contributed by atoms with Gasteiger partial charge in [-0.25, -0.2) is 4.39 Å². The first-order valence-corrected chi connectivity index (χ1v) is 6.76. The van der Waals surface area contributed by atoms with E-state index >= 15 is 0 Å². The third kappa shape index (κ3) is 3.06. The van der Waals surface area contributed by atoms with Crippen molar-refractivity contribution in [3.05, 3.63) is 24.0 Å². The Balaban J connectivity index is 2.12. The van der Waals surface area contributed by atoms with Crippen LogP contribution in [0.15, 0.2) is 18.2 Å². The van der Waals surface area contributed by atoms with Gasteiger partial charge in [-0.3, -0.25) is 4.79 Å². The number of carbonyl (C=O) groups excluding carboxylic acids is 1. The lowest BCUT2D eigenvalue weighted by Crippen LogP contribution is -2.37. The van der Waals surface area contributed by atoms with Gasteiger partial charge in [-0.1, -0.05) is 26.7 Å². The standard InChI is InChI=1S/C15H21FN2O/c1-15(2)8-4-3-5-11(15)14(19)18-13-7-6-10(17)9-12(13)16/h6-7,9,11H,3-5,8,17H2,1-2H3,(H,18,19). The van der Waals surface area contributed by atoms with E-state index in [0.29, 0.717) is 5.69 Å². The molecule has 3 N–H and O–H groups in total. The fourth-order valence-electron chi connectivity index (χ4n) is 2.83. The second kappa shape index (κ2) is 5.19. The predicted octanol–water partition coefficient (Wildman–Crippen LogP) is 3.56. The maximum absolute atomic E-state index is 13.7. The number of benzene rings is 1. The maximum atomic E-state index is 13.7. The van der Waals surface area contributed by atoms with Crippen molar-refractivity contribution in [2.45, 2.75) is 39.5 Å². The molecule has 2 rings (SSSR count). The van der Waals surface area contributed by atoms with Crippen LogP contribution in [0.3, 0.4) is 0 Å². The summed E-state index contributed by atoms with van der Waals surface area (Å²) in [5.41, 5.74) is 6.03. The molecule has 1 aliphatic rings. The third-order valence-electron chi connectivity index (χ3n) is 4.07. The molecule has 19 heavy (non-hydrogen) atoms. The SMILES string of the molecule is CC1(C)CCCCC1C(=O)Nc1ccc(N)cc1F. The molecule has 0 aliphatic heterocycles. The van der Waals surface area contributed by atoms with Gasteiger partial charge >= 0.3 is 0 Å². The van der Waals surface area contributed by atoms with E-state index in [-0.39, 0.29) is 22.9 Å². The summed E-state index contributed by atoms with van der Waals surface area (Å²) in [6, 6.07) is 4.32. The lowest BCUT2D eigenvalue weighted by molar-refractivity contribution is -0.124. The van der Waals surface area contributed by atoms with E-state index in [1.165, 1.54) is 12.1 Å². The van der Waals surface area contributed by atoms with Crippen LogP contribution in [-0.4, -0.2) is 5.91 Å². The highest BCUT2D eigenvalue weighted by Crippen LogP contribution is 2.41. The van der Waals surface area contributed by atoms with Gasteiger partial charge in [0.25, 0.3) is 0 Å². The van der Waals surface area contributed by atoms with Crippen LogP contribution in [0, 0.1) is 17.2 Å². The number of amides is 1. The van der Waals surface area contributed by atoms with Crippen LogP contribution in [0.4, 0.5) is 15.8 Å². The van der Waals surface area contributed by atoms with Crippen molar-refractivity contribution in [3.63, 3.8) is 0 Å². The van der Waals surface area contributed by atoms with Gasteiger partial charge < -0.3 is 11.1 Å². The molecule has 0 aromatic heterocycles. The van der Waals surface area contributed by atoms with Crippen LogP contribution in [0.2, 0.25) is 0 Å². The number of nitrogen functional groups attached to an aromatic ring is 1. The first-order chi connectivity index (χ1) is 8.90. The molecule has 1 unspecified atom stereocenters. The molecular weight excluding hydrogens is 243 g/mol. The molecule has 0 spiro atoms. The molecule has 1 aromatic rings. The van der Waals surface area contributed by atoms with Gasteiger partial charge in [0.1, 0.15) is 5.82 Å². The smallest absolute Gasteiger partial charge is 0.228 e. The monoisotopic (exact) mass is 264 g/mol. The summed E-state index contributed by atoms with van der Waals surface area (Å²) in [6.45, 7) is 4.21. The fraction of sp³-hybridized carbons (Fsp3) is 0.533. The Bertz CT molecular complexity index is 485. The van der Waals surface area contributed by atoms with Crippen molar-refractivity contribution in [1.29, 1.82) is 0 Å². The minimum atomic E-state index is -0.484. The first kappa shape index (κ1) is 13.8. The largest absolute Gasteiger partial charge is 0.399 e. The minimum Gasteiger partial charge on any atom is -0.399 e. The van der Waals surface area contributed by atoms with Crippen LogP contribution in [0.5, 0.6) is 0 Å². The Kier molecular flexibility index (Phi) is 3.78. The molecule has 4 heteroatoms. The number of nitrogens with two attached hydrogens (primary N) is 1. The Morgan fingerprint density at radius 3 is 2.79 bits per heavy atom. The van der Waals surface area contributed by atoms with Gasteiger partial charge in [0.2, 0.25) is 5.91 Å². The van der Waals surface area contributed by atoms with Gasteiger partial charge in [-0.15, -0.1) is 0 Å². The van der Waals surface area contributed by atoms with Crippen molar-refractivity contribution in [2.24, 2.45) is 11.3 Å². The van der Waals surface area contributed by atoms with Crippen molar-refractivity contribution in [2.75, 3.05) is 11.1 Å². The molecule has 1 aliphatic carbocycles. The molecule has 0 saturated heterocycles. The van der Waals surface area contributed by atoms with Crippen LogP contribution >= 0.6 is 0 Å². The number of halogens is 1. The van der Waals surface area contributed by atoms with Crippen LogP contribution in [-0.2, 0) is 4.79 Å². The van der Waals surface area contributed by atoms with Crippen LogP contribution < -0.4 is 11.1 Å². The minimum absolute atomic E-state index is 0.0212. The predicted molar refractivity (Wildman–Crippen MR) is 75.2 cm³/mol. The van der Waals surface area contributed by atoms with Crippen molar-refractivity contribution in [3.8, 4) is 0 Å². The normalized spacial score (nSPS) is 21.9. The van der Waals surface area contributed by atoms with Crippen LogP contribution in [0.1, 0.15) is 39.5 Å². The zero-order valence-corrected chi connectivity index (χ0v) is 11.5. The number of anilines is 2. The van der Waals surface area contributed by atoms with Gasteiger partial charge in [0.15, 0.2) is 0 Å². The molecular formula is C15H21FN2O. The Morgan fingerprint density at radius 2 is 2.16 bits per heavy atom. The van der Waals surface area contributed by atoms with E-state index in [1.807, 2.05) is 0 Å². The summed E-state index contributed by atoms with van der Waals surface area (Å²) in [7, 11) is 0. The highest BCUT2D eigenvalue weighted by Gasteiger charge is 2.37. The summed E-state index contributed by atoms with van der Waals surface area (Å²) in [5.74, 6) is -0.631. The molecule has 1 atom stereocenters. The van der Waals surface area contributed by atoms with Gasteiger partial charge in [0.05, 0.1) is 5.69 Å². The third-order valence-corrected chi connectivity index (χ3v) is 4.07. The molecule has 104 valence electrons. The van der Waals surface area contributed by atoms with Crippen molar-refractivity contribution in [1.82, 2.24) is 0 Å². The summed E-state index contributed by atoms with van der Waals surface area (Å²) in [5, 5.41) is 2.69. The number of nitrogens with one attached hydrogen (secondary N) is 1. The molecule has 0 radical (unpaired) electrons. The van der Waals surface area contributed by atoms with Gasteiger partial charge in [-0.05, 0) is 36.5 Å². The molecule has 0 heterocycles. The lowest BCUT2D eigenvalue weighted by atomic mass is 9.68. The Hall–Kier alpha value is -1.58. The zero-order valence-electron chi connectivity index (χ0n) is 11.5. The highest BCUT2D eigenvalue weighted by atomic mass is 19.1. The average molecular weight is 264 g/mol. The maximum Gasteiger partial charge on any atom is 0.228 e. The van der Waals surface area contributed by atoms with Crippen LogP contribution in [0.25, 0.3) is 0 Å². The highest BCUT2D eigenvalue weighted by molar-refractivity contribution is 5.93. The Morgan fingerprint density at radius 1 is 1.42 bits per heavy atom. The molecule has 3 nitrogen and oxygen atoms in total. The quantitative estimate of drug-likeness (QED) is 0.802. The van der Waals surface area contributed by atoms with Crippen molar-refractivity contribution >= 4 is 17.3 Å². The molecule has 1 fully saturated rings. The van der Waals surface area contributed by atoms with E-state index in [9.17, 15) is 9.18 Å². The second-order valence-corrected chi connectivity index (χ2v) is 6.02. The number of rotatable bonds is 2. The number of carbonyl (C=O) groups is 1. The van der Waals surface area contributed by atoms with Gasteiger partial charge in [-0.2, -0.15) is 0 Å². The summed E-state index contributed by atoms with van der Waals surface area (Å²) < 4.78 is 13.7. The summed E-state index contributed by atoms with van der Waals surface area (Å²) in [6.07, 6.45) is 4.13. The summed E-state index contributed by atoms with van der Waals surface area (Å²) in [4.78, 5) is 12.3. The number of hydrogen-bond acceptors (Lipinski definition) is 2. The molecule has 1 aromatic carbocycles. The number of hydrogen-bond donors (Lipinski definition) is 2. The first-order valence-electron chi connectivity index (χ1n) is 6.76. The molecule has 1 saturated carbocycles. The zero-order chi connectivity index (χ0) is 14.0. The topological polar surface area (TPSA) is 55.1 Å². The van der Waals surface area contributed by atoms with E-state index in [0.717, 1.165) is 25.7 Å². The molecule has 1 amide bonds. The van der Waals surface area contributed by atoms with E-state index in [2.05, 4.69) is 19.2 Å². The Labute approximate surface area is 113 Å². The second-order valence-electron chi connectivity index (χ2n) is 6.02. The van der Waals surface area contributed by atoms with Crippen molar-refractivity contribution < 1.29 is 9.18 Å². The van der Waals surface area contributed by atoms with Gasteiger partial charge in [0, 0.05) is 11.6 Å². The molecule has 0 bridgehead atoms. The summed E-state index contributed by atoms with van der Waals surface area (Å²) >= 11 is 0.